The van der Waals surface area contributed by atoms with Gasteiger partial charge in [-0.25, -0.2) is 8.78 Å². The summed E-state index contributed by atoms with van der Waals surface area (Å²) in [5.74, 6) is -2.59. The molecule has 5 heteroatoms. The summed E-state index contributed by atoms with van der Waals surface area (Å²) in [6, 6.07) is 3.70. The predicted octanol–water partition coefficient (Wildman–Crippen LogP) is 2.56. The number of nitrogens with one attached hydrogen (secondary N) is 1. The van der Waals surface area contributed by atoms with Crippen molar-refractivity contribution in [2.45, 2.75) is 26.8 Å². The van der Waals surface area contributed by atoms with Gasteiger partial charge in [-0.3, -0.25) is 4.79 Å². The van der Waals surface area contributed by atoms with Crippen molar-refractivity contribution < 1.29 is 18.7 Å². The third-order valence-electron chi connectivity index (χ3n) is 2.82. The molecule has 1 aromatic carbocycles. The quantitative estimate of drug-likeness (QED) is 0.770. The van der Waals surface area contributed by atoms with E-state index in [0.29, 0.717) is 25.1 Å². The maximum Gasteiger partial charge on any atom is 0.309 e. The first kappa shape index (κ1) is 14.6. The van der Waals surface area contributed by atoms with Crippen LogP contribution >= 0.6 is 0 Å². The van der Waals surface area contributed by atoms with E-state index in [9.17, 15) is 13.6 Å². The van der Waals surface area contributed by atoms with Gasteiger partial charge in [0.15, 0.2) is 11.6 Å². The lowest BCUT2D eigenvalue weighted by molar-refractivity contribution is -0.147. The Hall–Kier alpha value is -1.49. The molecule has 18 heavy (non-hydrogen) atoms. The van der Waals surface area contributed by atoms with Gasteiger partial charge < -0.3 is 10.4 Å². The maximum absolute atomic E-state index is 12.9. The molecule has 0 unspecified atom stereocenters. The summed E-state index contributed by atoms with van der Waals surface area (Å²) in [7, 11) is 0. The third kappa shape index (κ3) is 4.07. The summed E-state index contributed by atoms with van der Waals surface area (Å²) in [6.45, 7) is 4.17. The van der Waals surface area contributed by atoms with Gasteiger partial charge in [0.1, 0.15) is 0 Å². The lowest BCUT2D eigenvalue weighted by Gasteiger charge is -2.18. The van der Waals surface area contributed by atoms with E-state index in [4.69, 9.17) is 5.11 Å². The number of benzene rings is 1. The summed E-state index contributed by atoms with van der Waals surface area (Å²) in [4.78, 5) is 10.8. The van der Waals surface area contributed by atoms with Crippen LogP contribution in [0.5, 0.6) is 0 Å². The van der Waals surface area contributed by atoms with Crippen LogP contribution in [0.2, 0.25) is 0 Å². The first-order valence-electron chi connectivity index (χ1n) is 5.71. The number of aliphatic carboxylic acids is 1. The van der Waals surface area contributed by atoms with Crippen LogP contribution in [0.3, 0.4) is 0 Å². The molecule has 0 heterocycles. The molecule has 0 aliphatic carbocycles. The highest BCUT2D eigenvalue weighted by atomic mass is 19.2. The van der Waals surface area contributed by atoms with Crippen molar-refractivity contribution in [3.05, 3.63) is 35.4 Å². The van der Waals surface area contributed by atoms with Crippen LogP contribution in [0.15, 0.2) is 18.2 Å². The SMILES string of the molecule is CC(C)(CCNCc1ccc(F)c(F)c1)C(=O)O. The Morgan fingerprint density at radius 3 is 2.56 bits per heavy atom. The molecule has 1 aromatic rings. The van der Waals surface area contributed by atoms with E-state index in [1.807, 2.05) is 0 Å². The van der Waals surface area contributed by atoms with Crippen LogP contribution in [0, 0.1) is 17.0 Å². The minimum Gasteiger partial charge on any atom is -0.481 e. The van der Waals surface area contributed by atoms with Gasteiger partial charge in [-0.05, 0) is 44.5 Å². The Labute approximate surface area is 105 Å². The number of carboxylic acids is 1. The molecule has 0 aromatic heterocycles. The van der Waals surface area contributed by atoms with Crippen molar-refractivity contribution in [3.63, 3.8) is 0 Å². The van der Waals surface area contributed by atoms with Crippen LogP contribution in [0.25, 0.3) is 0 Å². The van der Waals surface area contributed by atoms with E-state index in [-0.39, 0.29) is 0 Å². The number of rotatable bonds is 6. The van der Waals surface area contributed by atoms with Crippen LogP contribution in [0.4, 0.5) is 8.78 Å². The summed E-state index contributed by atoms with van der Waals surface area (Å²) < 4.78 is 25.6. The van der Waals surface area contributed by atoms with Crippen molar-refractivity contribution in [1.82, 2.24) is 5.32 Å². The van der Waals surface area contributed by atoms with Crippen molar-refractivity contribution in [2.75, 3.05) is 6.54 Å². The zero-order chi connectivity index (χ0) is 13.8. The normalized spacial score (nSPS) is 11.6. The second-order valence-corrected chi connectivity index (χ2v) is 4.86. The minimum absolute atomic E-state index is 0.382. The van der Waals surface area contributed by atoms with Crippen LogP contribution in [-0.2, 0) is 11.3 Å². The van der Waals surface area contributed by atoms with Crippen molar-refractivity contribution >= 4 is 5.97 Å². The summed E-state index contributed by atoms with van der Waals surface area (Å²) >= 11 is 0. The van der Waals surface area contributed by atoms with Gasteiger partial charge in [0.2, 0.25) is 0 Å². The summed E-state index contributed by atoms with van der Waals surface area (Å²) in [5.41, 5.74) is -0.164. The summed E-state index contributed by atoms with van der Waals surface area (Å²) in [6.07, 6.45) is 0.464. The lowest BCUT2D eigenvalue weighted by atomic mass is 9.90. The van der Waals surface area contributed by atoms with E-state index in [0.717, 1.165) is 12.1 Å². The van der Waals surface area contributed by atoms with Crippen molar-refractivity contribution in [1.29, 1.82) is 0 Å². The van der Waals surface area contributed by atoms with Crippen LogP contribution in [-0.4, -0.2) is 17.6 Å². The molecule has 0 saturated heterocycles. The Kier molecular flexibility index (Phi) is 4.78. The minimum atomic E-state index is -0.875. The molecule has 0 atom stereocenters. The molecule has 0 bridgehead atoms. The largest absolute Gasteiger partial charge is 0.481 e. The number of hydrogen-bond acceptors (Lipinski definition) is 2. The Balaban J connectivity index is 2.38. The predicted molar refractivity (Wildman–Crippen MR) is 64.1 cm³/mol. The Morgan fingerprint density at radius 1 is 1.33 bits per heavy atom. The van der Waals surface area contributed by atoms with Gasteiger partial charge in [0.25, 0.3) is 0 Å². The topological polar surface area (TPSA) is 49.3 Å². The van der Waals surface area contributed by atoms with Gasteiger partial charge in [-0.2, -0.15) is 0 Å². The van der Waals surface area contributed by atoms with Crippen LogP contribution in [0.1, 0.15) is 25.8 Å². The van der Waals surface area contributed by atoms with Crippen LogP contribution < -0.4 is 5.32 Å². The third-order valence-corrected chi connectivity index (χ3v) is 2.82. The average Bonchev–Trinajstić information content (AvgIpc) is 2.29. The average molecular weight is 257 g/mol. The summed E-state index contributed by atoms with van der Waals surface area (Å²) in [5, 5.41) is 11.9. The first-order chi connectivity index (χ1) is 8.33. The second kappa shape index (κ2) is 5.91. The van der Waals surface area contributed by atoms with Gasteiger partial charge in [0, 0.05) is 6.54 Å². The number of hydrogen-bond donors (Lipinski definition) is 2. The fourth-order valence-electron chi connectivity index (χ4n) is 1.39. The highest BCUT2D eigenvalue weighted by Crippen LogP contribution is 2.19. The molecule has 0 aliphatic rings. The molecule has 0 fully saturated rings. The zero-order valence-electron chi connectivity index (χ0n) is 10.5. The molecular weight excluding hydrogens is 240 g/mol. The lowest BCUT2D eigenvalue weighted by Crippen LogP contribution is -2.28. The highest BCUT2D eigenvalue weighted by molar-refractivity contribution is 5.73. The Morgan fingerprint density at radius 2 is 2.00 bits per heavy atom. The maximum atomic E-state index is 12.9. The number of carbonyl (C=O) groups is 1. The molecule has 1 rings (SSSR count). The van der Waals surface area contributed by atoms with Gasteiger partial charge in [-0.15, -0.1) is 0 Å². The van der Waals surface area contributed by atoms with E-state index >= 15 is 0 Å². The fraction of sp³-hybridized carbons (Fsp3) is 0.462. The molecule has 0 amide bonds. The zero-order valence-corrected chi connectivity index (χ0v) is 10.5. The molecule has 0 spiro atoms. The molecule has 2 N–H and O–H groups in total. The molecule has 100 valence electrons. The number of halogens is 2. The smallest absolute Gasteiger partial charge is 0.309 e. The first-order valence-corrected chi connectivity index (χ1v) is 5.71. The fourth-order valence-corrected chi connectivity index (χ4v) is 1.39. The Bertz CT molecular complexity index is 433. The monoisotopic (exact) mass is 257 g/mol. The van der Waals surface area contributed by atoms with Crippen molar-refractivity contribution in [3.8, 4) is 0 Å². The molecule has 3 nitrogen and oxygen atoms in total. The molecule has 0 saturated carbocycles. The van der Waals surface area contributed by atoms with E-state index in [2.05, 4.69) is 5.32 Å². The molecule has 0 aliphatic heterocycles. The number of carboxylic acid groups (broad SMARTS) is 1. The second-order valence-electron chi connectivity index (χ2n) is 4.86. The molecule has 0 radical (unpaired) electrons. The van der Waals surface area contributed by atoms with E-state index in [1.54, 1.807) is 13.8 Å². The van der Waals surface area contributed by atoms with Gasteiger partial charge in [-0.1, -0.05) is 6.07 Å². The molecular formula is C13H17F2NO2. The van der Waals surface area contributed by atoms with Gasteiger partial charge >= 0.3 is 5.97 Å². The standard InChI is InChI=1S/C13H17F2NO2/c1-13(2,12(17)18)5-6-16-8-9-3-4-10(14)11(15)7-9/h3-4,7,16H,5-6,8H2,1-2H3,(H,17,18). The van der Waals surface area contributed by atoms with E-state index < -0.39 is 23.0 Å². The highest BCUT2D eigenvalue weighted by Gasteiger charge is 2.25. The van der Waals surface area contributed by atoms with Crippen molar-refractivity contribution in [2.24, 2.45) is 5.41 Å². The van der Waals surface area contributed by atoms with Gasteiger partial charge in [0.05, 0.1) is 5.41 Å². The van der Waals surface area contributed by atoms with E-state index in [1.165, 1.54) is 6.07 Å².